The van der Waals surface area contributed by atoms with Gasteiger partial charge in [-0.2, -0.15) is 5.10 Å². The second-order valence-corrected chi connectivity index (χ2v) is 5.33. The second-order valence-electron chi connectivity index (χ2n) is 5.33. The maximum absolute atomic E-state index is 12.7. The van der Waals surface area contributed by atoms with Crippen LogP contribution in [0.1, 0.15) is 22.0 Å². The average Bonchev–Trinajstić information content (AvgIpc) is 2.78. The number of anilines is 1. The van der Waals surface area contributed by atoms with Crippen LogP contribution < -0.4 is 4.90 Å². The predicted octanol–water partition coefficient (Wildman–Crippen LogP) is 0.742. The lowest BCUT2D eigenvalue weighted by atomic mass is 10.1. The number of amides is 2. The molecule has 2 aromatic rings. The van der Waals surface area contributed by atoms with Crippen molar-refractivity contribution < 1.29 is 9.59 Å². The summed E-state index contributed by atoms with van der Waals surface area (Å²) in [6, 6.07) is 7.13. The summed E-state index contributed by atoms with van der Waals surface area (Å²) in [6.45, 7) is 2.07. The third kappa shape index (κ3) is 2.34. The minimum absolute atomic E-state index is 0.0237. The van der Waals surface area contributed by atoms with E-state index < -0.39 is 0 Å². The Morgan fingerprint density at radius 2 is 1.91 bits per heavy atom. The quantitative estimate of drug-likeness (QED) is 0.820. The van der Waals surface area contributed by atoms with Crippen LogP contribution in [0.15, 0.2) is 24.3 Å². The number of fused-ring (bicyclic) bond motifs is 1. The van der Waals surface area contributed by atoms with E-state index in [2.05, 4.69) is 10.1 Å². The molecular formula is C15H17N5O2. The molecule has 2 heterocycles. The molecule has 0 unspecified atom stereocenters. The van der Waals surface area contributed by atoms with E-state index in [0.29, 0.717) is 22.9 Å². The SMILES string of the molecule is Cc1nc(CN2CC(=O)N(C)c3ccccc3C2=O)n(C)n1. The van der Waals surface area contributed by atoms with Crippen LogP contribution in [-0.2, 0) is 18.4 Å². The Bertz CT molecular complexity index is 752. The number of aromatic nitrogens is 3. The number of aryl methyl sites for hydroxylation is 2. The summed E-state index contributed by atoms with van der Waals surface area (Å²) in [5.41, 5.74) is 1.16. The highest BCUT2D eigenvalue weighted by atomic mass is 16.2. The fourth-order valence-electron chi connectivity index (χ4n) is 2.59. The van der Waals surface area contributed by atoms with Gasteiger partial charge in [-0.1, -0.05) is 12.1 Å². The molecule has 114 valence electrons. The van der Waals surface area contributed by atoms with Gasteiger partial charge < -0.3 is 9.80 Å². The maximum Gasteiger partial charge on any atom is 0.256 e. The molecule has 0 N–H and O–H groups in total. The summed E-state index contributed by atoms with van der Waals surface area (Å²) in [7, 11) is 3.46. The normalized spacial score (nSPS) is 15.0. The van der Waals surface area contributed by atoms with Crippen molar-refractivity contribution in [3.8, 4) is 0 Å². The largest absolute Gasteiger partial charge is 0.322 e. The first-order chi connectivity index (χ1) is 10.5. The van der Waals surface area contributed by atoms with Crippen molar-refractivity contribution in [2.75, 3.05) is 18.5 Å². The highest BCUT2D eigenvalue weighted by Gasteiger charge is 2.30. The van der Waals surface area contributed by atoms with Crippen molar-refractivity contribution in [3.63, 3.8) is 0 Å². The Labute approximate surface area is 128 Å². The molecule has 0 spiro atoms. The fraction of sp³-hybridized carbons (Fsp3) is 0.333. The van der Waals surface area contributed by atoms with Gasteiger partial charge >= 0.3 is 0 Å². The molecule has 1 aromatic carbocycles. The third-order valence-corrected chi connectivity index (χ3v) is 3.77. The Morgan fingerprint density at radius 3 is 2.59 bits per heavy atom. The number of likely N-dealkylation sites (N-methyl/N-ethyl adjacent to an activating group) is 1. The first kappa shape index (κ1) is 14.2. The van der Waals surface area contributed by atoms with Gasteiger partial charge in [-0.25, -0.2) is 4.98 Å². The van der Waals surface area contributed by atoms with Crippen molar-refractivity contribution in [3.05, 3.63) is 41.5 Å². The molecule has 2 amide bonds. The van der Waals surface area contributed by atoms with E-state index >= 15 is 0 Å². The number of hydrogen-bond acceptors (Lipinski definition) is 4. The predicted molar refractivity (Wildman–Crippen MR) is 80.3 cm³/mol. The van der Waals surface area contributed by atoms with Crippen LogP contribution in [0.2, 0.25) is 0 Å². The molecule has 7 nitrogen and oxygen atoms in total. The Balaban J connectivity index is 1.98. The molecular weight excluding hydrogens is 282 g/mol. The molecule has 22 heavy (non-hydrogen) atoms. The van der Waals surface area contributed by atoms with Gasteiger partial charge in [-0.05, 0) is 19.1 Å². The molecule has 0 saturated heterocycles. The minimum Gasteiger partial charge on any atom is -0.322 e. The zero-order valence-corrected chi connectivity index (χ0v) is 12.8. The van der Waals surface area contributed by atoms with Gasteiger partial charge in [0.2, 0.25) is 5.91 Å². The Kier molecular flexibility index (Phi) is 3.40. The van der Waals surface area contributed by atoms with Crippen LogP contribution >= 0.6 is 0 Å². The van der Waals surface area contributed by atoms with Gasteiger partial charge in [-0.3, -0.25) is 14.3 Å². The van der Waals surface area contributed by atoms with Gasteiger partial charge in [0.15, 0.2) is 0 Å². The van der Waals surface area contributed by atoms with Crippen LogP contribution in [-0.4, -0.2) is 45.1 Å². The number of carbonyl (C=O) groups is 2. The average molecular weight is 299 g/mol. The highest BCUT2D eigenvalue weighted by Crippen LogP contribution is 2.24. The second kappa shape index (κ2) is 5.25. The Morgan fingerprint density at radius 1 is 1.18 bits per heavy atom. The molecule has 0 atom stereocenters. The minimum atomic E-state index is -0.172. The summed E-state index contributed by atoms with van der Waals surface area (Å²) in [4.78, 5) is 32.4. The molecule has 0 saturated carbocycles. The lowest BCUT2D eigenvalue weighted by Gasteiger charge is -2.19. The molecule has 0 radical (unpaired) electrons. The molecule has 1 aliphatic heterocycles. The van der Waals surface area contributed by atoms with E-state index in [-0.39, 0.29) is 24.9 Å². The van der Waals surface area contributed by atoms with Crippen LogP contribution in [0.3, 0.4) is 0 Å². The molecule has 3 rings (SSSR count). The first-order valence-electron chi connectivity index (χ1n) is 6.98. The number of benzene rings is 1. The number of carbonyl (C=O) groups excluding carboxylic acids is 2. The Hall–Kier alpha value is -2.70. The third-order valence-electron chi connectivity index (χ3n) is 3.77. The van der Waals surface area contributed by atoms with E-state index in [0.717, 1.165) is 0 Å². The first-order valence-corrected chi connectivity index (χ1v) is 6.98. The van der Waals surface area contributed by atoms with E-state index in [4.69, 9.17) is 0 Å². The van der Waals surface area contributed by atoms with Gasteiger partial charge in [0, 0.05) is 14.1 Å². The monoisotopic (exact) mass is 299 g/mol. The van der Waals surface area contributed by atoms with Crippen molar-refractivity contribution in [1.82, 2.24) is 19.7 Å². The van der Waals surface area contributed by atoms with Crippen LogP contribution in [0.5, 0.6) is 0 Å². The molecule has 0 bridgehead atoms. The number of nitrogens with zero attached hydrogens (tertiary/aromatic N) is 5. The standard InChI is InChI=1S/C15H17N5O2/c1-10-16-13(19(3)17-10)8-20-9-14(21)18(2)12-7-5-4-6-11(12)15(20)22/h4-7H,8-9H2,1-3H3. The van der Waals surface area contributed by atoms with Crippen molar-refractivity contribution in [2.45, 2.75) is 13.5 Å². The zero-order valence-electron chi connectivity index (χ0n) is 12.8. The van der Waals surface area contributed by atoms with E-state index in [1.165, 1.54) is 9.80 Å². The maximum atomic E-state index is 12.7. The summed E-state index contributed by atoms with van der Waals surface area (Å²) in [5, 5.41) is 4.18. The number of hydrogen-bond donors (Lipinski definition) is 0. The van der Waals surface area contributed by atoms with Gasteiger partial charge in [0.1, 0.15) is 18.2 Å². The molecule has 1 aliphatic rings. The molecule has 7 heteroatoms. The van der Waals surface area contributed by atoms with Gasteiger partial charge in [0.25, 0.3) is 5.91 Å². The molecule has 0 fully saturated rings. The van der Waals surface area contributed by atoms with Crippen LogP contribution in [0, 0.1) is 6.92 Å². The van der Waals surface area contributed by atoms with Gasteiger partial charge in [0.05, 0.1) is 17.8 Å². The van der Waals surface area contributed by atoms with Crippen molar-refractivity contribution in [2.24, 2.45) is 7.05 Å². The lowest BCUT2D eigenvalue weighted by Crippen LogP contribution is -2.37. The van der Waals surface area contributed by atoms with E-state index in [1.807, 2.05) is 6.07 Å². The molecule has 1 aromatic heterocycles. The molecule has 0 aliphatic carbocycles. The fourth-order valence-corrected chi connectivity index (χ4v) is 2.59. The van der Waals surface area contributed by atoms with Gasteiger partial charge in [-0.15, -0.1) is 0 Å². The lowest BCUT2D eigenvalue weighted by molar-refractivity contribution is -0.119. The number of para-hydroxylation sites is 1. The van der Waals surface area contributed by atoms with E-state index in [1.54, 1.807) is 43.9 Å². The van der Waals surface area contributed by atoms with E-state index in [9.17, 15) is 9.59 Å². The van der Waals surface area contributed by atoms with Crippen molar-refractivity contribution >= 4 is 17.5 Å². The number of rotatable bonds is 2. The zero-order chi connectivity index (χ0) is 15.9. The topological polar surface area (TPSA) is 71.3 Å². The summed E-state index contributed by atoms with van der Waals surface area (Å²) < 4.78 is 1.63. The van der Waals surface area contributed by atoms with Crippen LogP contribution in [0.25, 0.3) is 0 Å². The summed E-state index contributed by atoms with van der Waals surface area (Å²) in [6.07, 6.45) is 0. The highest BCUT2D eigenvalue weighted by molar-refractivity contribution is 6.09. The summed E-state index contributed by atoms with van der Waals surface area (Å²) in [5.74, 6) is 0.996. The van der Waals surface area contributed by atoms with Crippen molar-refractivity contribution in [1.29, 1.82) is 0 Å². The van der Waals surface area contributed by atoms with Crippen LogP contribution in [0.4, 0.5) is 5.69 Å². The smallest absolute Gasteiger partial charge is 0.256 e. The summed E-state index contributed by atoms with van der Waals surface area (Å²) >= 11 is 0.